The van der Waals surface area contributed by atoms with Crippen molar-refractivity contribution < 1.29 is 29.0 Å². The number of nitrogens with one attached hydrogen (secondary N) is 2. The molecule has 3 rings (SSSR count). The maximum absolute atomic E-state index is 12.7. The van der Waals surface area contributed by atoms with Gasteiger partial charge in [0.15, 0.2) is 6.04 Å². The van der Waals surface area contributed by atoms with Crippen molar-refractivity contribution in [3.63, 3.8) is 0 Å². The van der Waals surface area contributed by atoms with Gasteiger partial charge in [-0.1, -0.05) is 48.5 Å². The van der Waals surface area contributed by atoms with Gasteiger partial charge in [-0.15, -0.1) is 11.8 Å². The highest BCUT2D eigenvalue weighted by Crippen LogP contribution is 2.44. The molecule has 1 aliphatic rings. The lowest BCUT2D eigenvalue weighted by atomic mass is 9.98. The fraction of sp³-hybridized carbons (Fsp3) is 0.346. The number of carbonyl (C=O) groups is 3. The summed E-state index contributed by atoms with van der Waals surface area (Å²) in [5, 5.41) is 14.3. The van der Waals surface area contributed by atoms with E-state index in [1.54, 1.807) is 6.92 Å². The average molecular weight is 465 g/mol. The molecular formula is C26H28N2O6. The summed E-state index contributed by atoms with van der Waals surface area (Å²) in [5.74, 6) is 3.36. The number of hydrogen-bond acceptors (Lipinski definition) is 5. The number of alkyl carbamates (subject to hydrolysis) is 1. The molecule has 8 nitrogen and oxygen atoms in total. The van der Waals surface area contributed by atoms with E-state index in [1.165, 1.54) is 14.0 Å². The van der Waals surface area contributed by atoms with Crippen molar-refractivity contribution >= 4 is 18.0 Å². The van der Waals surface area contributed by atoms with Crippen molar-refractivity contribution in [2.24, 2.45) is 0 Å². The molecule has 2 aromatic carbocycles. The first kappa shape index (κ1) is 24.8. The van der Waals surface area contributed by atoms with Gasteiger partial charge in [-0.25, -0.2) is 9.59 Å². The lowest BCUT2D eigenvalue weighted by molar-refractivity contribution is -0.145. The van der Waals surface area contributed by atoms with E-state index in [2.05, 4.69) is 22.5 Å². The quantitative estimate of drug-likeness (QED) is 0.492. The Hall–Kier alpha value is -3.83. The molecule has 3 atom stereocenters. The van der Waals surface area contributed by atoms with Crippen molar-refractivity contribution in [3.05, 3.63) is 59.7 Å². The van der Waals surface area contributed by atoms with E-state index in [0.717, 1.165) is 22.3 Å². The summed E-state index contributed by atoms with van der Waals surface area (Å²) in [6, 6.07) is 13.6. The number of carboxylic acid groups (broad SMARTS) is 1. The second-order valence-corrected chi connectivity index (χ2v) is 7.92. The van der Waals surface area contributed by atoms with Crippen molar-refractivity contribution in [2.75, 3.05) is 13.7 Å². The van der Waals surface area contributed by atoms with Crippen LogP contribution in [-0.2, 0) is 19.1 Å². The van der Waals surface area contributed by atoms with Gasteiger partial charge in [-0.2, -0.15) is 0 Å². The zero-order valence-electron chi connectivity index (χ0n) is 19.3. The minimum Gasteiger partial charge on any atom is -0.480 e. The summed E-state index contributed by atoms with van der Waals surface area (Å²) < 4.78 is 10.5. The maximum Gasteiger partial charge on any atom is 0.407 e. The van der Waals surface area contributed by atoms with E-state index in [4.69, 9.17) is 9.47 Å². The zero-order valence-corrected chi connectivity index (χ0v) is 19.3. The Kier molecular flexibility index (Phi) is 8.28. The summed E-state index contributed by atoms with van der Waals surface area (Å²) in [6.07, 6.45) is -1.55. The monoisotopic (exact) mass is 464 g/mol. The highest BCUT2D eigenvalue weighted by Gasteiger charge is 2.32. The number of aliphatic carboxylic acids is 1. The lowest BCUT2D eigenvalue weighted by Crippen LogP contribution is -2.55. The van der Waals surface area contributed by atoms with Gasteiger partial charge in [0.2, 0.25) is 5.91 Å². The Labute approximate surface area is 198 Å². The highest BCUT2D eigenvalue weighted by molar-refractivity contribution is 5.89. The number of amides is 2. The minimum atomic E-state index is -1.28. The van der Waals surface area contributed by atoms with E-state index < -0.39 is 36.2 Å². The molecule has 1 aliphatic carbocycles. The van der Waals surface area contributed by atoms with Crippen molar-refractivity contribution in [3.8, 4) is 23.0 Å². The first-order valence-electron chi connectivity index (χ1n) is 10.9. The van der Waals surface area contributed by atoms with Crippen LogP contribution in [0.4, 0.5) is 4.79 Å². The highest BCUT2D eigenvalue weighted by atomic mass is 16.5. The molecule has 0 heterocycles. The Morgan fingerprint density at radius 1 is 1.03 bits per heavy atom. The molecule has 0 aromatic heterocycles. The number of carboxylic acids is 1. The topological polar surface area (TPSA) is 114 Å². The molecule has 0 radical (unpaired) electrons. The number of benzene rings is 2. The fourth-order valence-electron chi connectivity index (χ4n) is 3.97. The molecule has 2 amide bonds. The molecule has 178 valence electrons. The SMILES string of the molecule is CC#CCC(NC(=O)OCC1c2ccccc2-c2ccccc21)C(=O)NC(C(=O)O)C(C)OC. The Morgan fingerprint density at radius 3 is 2.15 bits per heavy atom. The fourth-order valence-corrected chi connectivity index (χ4v) is 3.97. The van der Waals surface area contributed by atoms with E-state index in [1.807, 2.05) is 48.5 Å². The van der Waals surface area contributed by atoms with Crippen LogP contribution in [0.15, 0.2) is 48.5 Å². The van der Waals surface area contributed by atoms with Crippen LogP contribution in [0.5, 0.6) is 0 Å². The molecule has 2 aromatic rings. The van der Waals surface area contributed by atoms with Gasteiger partial charge < -0.3 is 25.2 Å². The van der Waals surface area contributed by atoms with E-state index in [-0.39, 0.29) is 18.9 Å². The van der Waals surface area contributed by atoms with Gasteiger partial charge in [-0.05, 0) is 36.1 Å². The van der Waals surface area contributed by atoms with Gasteiger partial charge in [-0.3, -0.25) is 4.79 Å². The van der Waals surface area contributed by atoms with Crippen LogP contribution in [0.2, 0.25) is 0 Å². The van der Waals surface area contributed by atoms with E-state index in [0.29, 0.717) is 0 Å². The number of hydrogen-bond donors (Lipinski definition) is 3. The van der Waals surface area contributed by atoms with Crippen LogP contribution in [-0.4, -0.2) is 55.0 Å². The smallest absolute Gasteiger partial charge is 0.407 e. The predicted molar refractivity (Wildman–Crippen MR) is 126 cm³/mol. The van der Waals surface area contributed by atoms with Gasteiger partial charge in [0.05, 0.1) is 6.10 Å². The second-order valence-electron chi connectivity index (χ2n) is 7.92. The predicted octanol–water partition coefficient (Wildman–Crippen LogP) is 2.91. The van der Waals surface area contributed by atoms with Crippen molar-refractivity contribution in [2.45, 2.75) is 44.4 Å². The second kappa shape index (κ2) is 11.3. The van der Waals surface area contributed by atoms with Crippen LogP contribution in [0.25, 0.3) is 11.1 Å². The van der Waals surface area contributed by atoms with Crippen LogP contribution >= 0.6 is 0 Å². The summed E-state index contributed by atoms with van der Waals surface area (Å²) >= 11 is 0. The van der Waals surface area contributed by atoms with Crippen LogP contribution in [0.3, 0.4) is 0 Å². The Morgan fingerprint density at radius 2 is 1.62 bits per heavy atom. The van der Waals surface area contributed by atoms with E-state index in [9.17, 15) is 19.5 Å². The van der Waals surface area contributed by atoms with Gasteiger partial charge in [0.25, 0.3) is 0 Å². The first-order chi connectivity index (χ1) is 16.4. The van der Waals surface area contributed by atoms with Gasteiger partial charge >= 0.3 is 12.1 Å². The standard InChI is InChI=1S/C26H28N2O6/c1-4-5-14-22(24(29)28-23(25(30)31)16(2)33-3)27-26(32)34-15-21-19-12-8-6-10-17(19)18-11-7-9-13-20(18)21/h6-13,16,21-23H,14-15H2,1-3H3,(H,27,32)(H,28,29)(H,30,31). The summed E-state index contributed by atoms with van der Waals surface area (Å²) in [6.45, 7) is 3.22. The molecule has 8 heteroatoms. The molecule has 3 unspecified atom stereocenters. The van der Waals surface area contributed by atoms with E-state index >= 15 is 0 Å². The first-order valence-corrected chi connectivity index (χ1v) is 10.9. The average Bonchev–Trinajstić information content (AvgIpc) is 3.16. The normalized spacial score (nSPS) is 14.4. The third-order valence-corrected chi connectivity index (χ3v) is 5.84. The molecule has 0 saturated heterocycles. The van der Waals surface area contributed by atoms with Crippen molar-refractivity contribution in [1.29, 1.82) is 0 Å². The zero-order chi connectivity index (χ0) is 24.7. The summed E-state index contributed by atoms with van der Waals surface area (Å²) in [5.41, 5.74) is 4.35. The third-order valence-electron chi connectivity index (χ3n) is 5.84. The molecule has 0 saturated carbocycles. The number of fused-ring (bicyclic) bond motifs is 3. The molecule has 0 aliphatic heterocycles. The van der Waals surface area contributed by atoms with Gasteiger partial charge in [0, 0.05) is 19.4 Å². The lowest BCUT2D eigenvalue weighted by Gasteiger charge is -2.23. The van der Waals surface area contributed by atoms with Crippen LogP contribution in [0.1, 0.15) is 37.3 Å². The number of carbonyl (C=O) groups excluding carboxylic acids is 2. The largest absolute Gasteiger partial charge is 0.480 e. The summed E-state index contributed by atoms with van der Waals surface area (Å²) in [4.78, 5) is 36.9. The minimum absolute atomic E-state index is 0.000229. The Balaban J connectivity index is 1.68. The molecule has 34 heavy (non-hydrogen) atoms. The van der Waals surface area contributed by atoms with Gasteiger partial charge in [0.1, 0.15) is 12.6 Å². The Bertz CT molecular complexity index is 1070. The van der Waals surface area contributed by atoms with Crippen LogP contribution in [0, 0.1) is 11.8 Å². The van der Waals surface area contributed by atoms with Crippen LogP contribution < -0.4 is 10.6 Å². The maximum atomic E-state index is 12.7. The third kappa shape index (κ3) is 5.56. The molecule has 0 fully saturated rings. The van der Waals surface area contributed by atoms with Crippen molar-refractivity contribution in [1.82, 2.24) is 10.6 Å². The number of methoxy groups -OCH3 is 1. The number of rotatable bonds is 9. The molecule has 0 bridgehead atoms. The summed E-state index contributed by atoms with van der Waals surface area (Å²) in [7, 11) is 1.35. The molecular weight excluding hydrogens is 436 g/mol. The molecule has 3 N–H and O–H groups in total. The number of ether oxygens (including phenoxy) is 2. The molecule has 0 spiro atoms.